The van der Waals surface area contributed by atoms with Crippen molar-refractivity contribution in [2.45, 2.75) is 44.8 Å². The fourth-order valence-corrected chi connectivity index (χ4v) is 2.64. The van der Waals surface area contributed by atoms with E-state index in [4.69, 9.17) is 16.3 Å². The number of nitrogens with zero attached hydrogens (tertiary/aromatic N) is 1. The van der Waals surface area contributed by atoms with E-state index in [-0.39, 0.29) is 11.2 Å². The minimum absolute atomic E-state index is 0.117. The smallest absolute Gasteiger partial charge is 0.341 e. The molecule has 0 aromatic carbocycles. The van der Waals surface area contributed by atoms with Crippen LogP contribution in [0.3, 0.4) is 0 Å². The molecule has 1 heterocycles. The molecule has 0 amide bonds. The first-order chi connectivity index (χ1) is 9.44. The third-order valence-corrected chi connectivity index (χ3v) is 3.83. The number of aromatic nitrogens is 1. The molecule has 1 saturated carbocycles. The van der Waals surface area contributed by atoms with E-state index in [1.54, 1.807) is 19.9 Å². The molecule has 0 bridgehead atoms. The van der Waals surface area contributed by atoms with Crippen LogP contribution in [0, 0.1) is 0 Å². The summed E-state index contributed by atoms with van der Waals surface area (Å²) < 4.78 is 5.00. The summed E-state index contributed by atoms with van der Waals surface area (Å²) in [5, 5.41) is 13.8. The number of hydrogen-bond acceptors (Lipinski definition) is 5. The molecule has 0 aliphatic heterocycles. The van der Waals surface area contributed by atoms with Crippen LogP contribution >= 0.6 is 11.6 Å². The van der Waals surface area contributed by atoms with E-state index in [0.717, 1.165) is 19.3 Å². The normalized spacial score (nSPS) is 25.5. The second kappa shape index (κ2) is 5.97. The van der Waals surface area contributed by atoms with Crippen LogP contribution in [0.5, 0.6) is 0 Å². The predicted octanol–water partition coefficient (Wildman–Crippen LogP) is 2.63. The number of hydrogen-bond donors (Lipinski definition) is 2. The molecule has 0 saturated heterocycles. The second-order valence-corrected chi connectivity index (χ2v) is 5.61. The van der Waals surface area contributed by atoms with Gasteiger partial charge in [0.1, 0.15) is 10.7 Å². The number of esters is 1. The Labute approximate surface area is 123 Å². The Morgan fingerprint density at radius 3 is 3.05 bits per heavy atom. The molecule has 1 fully saturated rings. The maximum absolute atomic E-state index is 11.9. The van der Waals surface area contributed by atoms with E-state index in [2.05, 4.69) is 10.3 Å². The van der Waals surface area contributed by atoms with Gasteiger partial charge in [0.2, 0.25) is 0 Å². The molecule has 2 N–H and O–H groups in total. The van der Waals surface area contributed by atoms with Crippen LogP contribution in [-0.2, 0) is 4.74 Å². The first-order valence-corrected chi connectivity index (χ1v) is 7.13. The maximum Gasteiger partial charge on any atom is 0.341 e. The zero-order chi connectivity index (χ0) is 14.8. The number of anilines is 1. The molecule has 20 heavy (non-hydrogen) atoms. The van der Waals surface area contributed by atoms with Gasteiger partial charge in [-0.2, -0.15) is 0 Å². The van der Waals surface area contributed by atoms with Gasteiger partial charge >= 0.3 is 5.97 Å². The van der Waals surface area contributed by atoms with Crippen molar-refractivity contribution in [1.29, 1.82) is 0 Å². The fraction of sp³-hybridized carbons (Fsp3) is 0.571. The zero-order valence-corrected chi connectivity index (χ0v) is 12.4. The number of carbonyl (C=O) groups is 1. The van der Waals surface area contributed by atoms with Crippen molar-refractivity contribution < 1.29 is 14.6 Å². The molecule has 1 aliphatic carbocycles. The Hall–Kier alpha value is -1.33. The SMILES string of the molecule is CCOC(=O)c1cnc(Cl)cc1N[C@@H]1CCC[C@@]1(C)O. The lowest BCUT2D eigenvalue weighted by atomic mass is 10.00. The lowest BCUT2D eigenvalue weighted by Crippen LogP contribution is -2.39. The summed E-state index contributed by atoms with van der Waals surface area (Å²) >= 11 is 5.89. The molecule has 110 valence electrons. The van der Waals surface area contributed by atoms with Crippen molar-refractivity contribution in [3.63, 3.8) is 0 Å². The largest absolute Gasteiger partial charge is 0.462 e. The average Bonchev–Trinajstić information content (AvgIpc) is 2.69. The molecule has 2 rings (SSSR count). The van der Waals surface area contributed by atoms with Crippen molar-refractivity contribution >= 4 is 23.3 Å². The molecule has 6 heteroatoms. The quantitative estimate of drug-likeness (QED) is 0.660. The first kappa shape index (κ1) is 15.1. The molecule has 0 unspecified atom stereocenters. The molecule has 5 nitrogen and oxygen atoms in total. The van der Waals surface area contributed by atoms with E-state index in [1.807, 2.05) is 0 Å². The van der Waals surface area contributed by atoms with Gasteiger partial charge < -0.3 is 15.2 Å². The Kier molecular flexibility index (Phi) is 4.50. The van der Waals surface area contributed by atoms with Crippen LogP contribution in [0.2, 0.25) is 5.15 Å². The summed E-state index contributed by atoms with van der Waals surface area (Å²) in [7, 11) is 0. The fourth-order valence-electron chi connectivity index (χ4n) is 2.49. The lowest BCUT2D eigenvalue weighted by Gasteiger charge is -2.28. The molecular formula is C14H19ClN2O3. The van der Waals surface area contributed by atoms with Crippen LogP contribution in [0.25, 0.3) is 0 Å². The minimum Gasteiger partial charge on any atom is -0.462 e. The van der Waals surface area contributed by atoms with Crippen LogP contribution < -0.4 is 5.32 Å². The Balaban J connectivity index is 2.25. The zero-order valence-electron chi connectivity index (χ0n) is 11.6. The van der Waals surface area contributed by atoms with Crippen molar-refractivity contribution in [1.82, 2.24) is 4.98 Å². The van der Waals surface area contributed by atoms with Gasteiger partial charge in [-0.3, -0.25) is 0 Å². The number of pyridine rings is 1. The van der Waals surface area contributed by atoms with Gasteiger partial charge in [0, 0.05) is 6.20 Å². The van der Waals surface area contributed by atoms with Gasteiger partial charge in [-0.1, -0.05) is 11.6 Å². The molecular weight excluding hydrogens is 280 g/mol. The van der Waals surface area contributed by atoms with Gasteiger partial charge in [-0.25, -0.2) is 9.78 Å². The summed E-state index contributed by atoms with van der Waals surface area (Å²) in [4.78, 5) is 15.8. The topological polar surface area (TPSA) is 71.5 Å². The highest BCUT2D eigenvalue weighted by molar-refractivity contribution is 6.29. The summed E-state index contributed by atoms with van der Waals surface area (Å²) in [5.74, 6) is -0.447. The van der Waals surface area contributed by atoms with Crippen molar-refractivity contribution in [3.8, 4) is 0 Å². The monoisotopic (exact) mass is 298 g/mol. The molecule has 1 aliphatic rings. The van der Waals surface area contributed by atoms with Gasteiger partial charge in [-0.05, 0) is 39.2 Å². The molecule has 0 spiro atoms. The highest BCUT2D eigenvalue weighted by Gasteiger charge is 2.37. The number of carbonyl (C=O) groups excluding carboxylic acids is 1. The summed E-state index contributed by atoms with van der Waals surface area (Å²) in [6.45, 7) is 3.84. The summed E-state index contributed by atoms with van der Waals surface area (Å²) in [6, 6.07) is 1.47. The van der Waals surface area contributed by atoms with Gasteiger partial charge in [0.25, 0.3) is 0 Å². The van der Waals surface area contributed by atoms with E-state index in [0.29, 0.717) is 17.9 Å². The van der Waals surface area contributed by atoms with Gasteiger partial charge in [0.15, 0.2) is 0 Å². The highest BCUT2D eigenvalue weighted by atomic mass is 35.5. The number of aliphatic hydroxyl groups is 1. The van der Waals surface area contributed by atoms with E-state index in [9.17, 15) is 9.90 Å². The van der Waals surface area contributed by atoms with Crippen molar-refractivity contribution in [3.05, 3.63) is 23.0 Å². The average molecular weight is 299 g/mol. The first-order valence-electron chi connectivity index (χ1n) is 6.75. The Morgan fingerprint density at radius 2 is 2.45 bits per heavy atom. The summed E-state index contributed by atoms with van der Waals surface area (Å²) in [6.07, 6.45) is 3.91. The predicted molar refractivity (Wildman–Crippen MR) is 77.1 cm³/mol. The van der Waals surface area contributed by atoms with Gasteiger partial charge in [0.05, 0.1) is 23.9 Å². The standard InChI is InChI=1S/C14H19ClN2O3/c1-3-20-13(18)9-8-16-12(15)7-10(9)17-11-5-4-6-14(11,2)19/h7-8,11,19H,3-6H2,1-2H3,(H,16,17)/t11-,14-/m1/s1. The highest BCUT2D eigenvalue weighted by Crippen LogP contribution is 2.33. The minimum atomic E-state index is -0.790. The Bertz CT molecular complexity index is 505. The summed E-state index contributed by atoms with van der Waals surface area (Å²) in [5.41, 5.74) is 0.0939. The van der Waals surface area contributed by atoms with E-state index in [1.165, 1.54) is 6.20 Å². The number of rotatable bonds is 4. The molecule has 0 radical (unpaired) electrons. The van der Waals surface area contributed by atoms with Crippen LogP contribution in [-0.4, -0.2) is 34.3 Å². The number of nitrogens with one attached hydrogen (secondary N) is 1. The van der Waals surface area contributed by atoms with Crippen LogP contribution in [0.1, 0.15) is 43.5 Å². The third-order valence-electron chi connectivity index (χ3n) is 3.62. The Morgan fingerprint density at radius 1 is 1.70 bits per heavy atom. The van der Waals surface area contributed by atoms with Crippen LogP contribution in [0.4, 0.5) is 5.69 Å². The number of halogens is 1. The molecule has 1 aromatic rings. The third kappa shape index (κ3) is 3.22. The second-order valence-electron chi connectivity index (χ2n) is 5.22. The molecule has 1 aromatic heterocycles. The van der Waals surface area contributed by atoms with Crippen molar-refractivity contribution in [2.24, 2.45) is 0 Å². The van der Waals surface area contributed by atoms with E-state index >= 15 is 0 Å². The number of ether oxygens (including phenoxy) is 1. The van der Waals surface area contributed by atoms with Gasteiger partial charge in [-0.15, -0.1) is 0 Å². The lowest BCUT2D eigenvalue weighted by molar-refractivity contribution is 0.0519. The van der Waals surface area contributed by atoms with E-state index < -0.39 is 11.6 Å². The van der Waals surface area contributed by atoms with Crippen molar-refractivity contribution in [2.75, 3.05) is 11.9 Å². The molecule has 2 atom stereocenters. The maximum atomic E-state index is 11.9. The van der Waals surface area contributed by atoms with Crippen LogP contribution in [0.15, 0.2) is 12.3 Å².